The molecule has 1 N–H and O–H groups in total. The van der Waals surface area contributed by atoms with Crippen LogP contribution in [0.2, 0.25) is 5.02 Å². The molecule has 0 fully saturated rings. The lowest BCUT2D eigenvalue weighted by Crippen LogP contribution is -2.27. The van der Waals surface area contributed by atoms with Crippen molar-refractivity contribution < 1.29 is 4.74 Å². The first-order valence-corrected chi connectivity index (χ1v) is 5.18. The zero-order chi connectivity index (χ0) is 10.4. The summed E-state index contributed by atoms with van der Waals surface area (Å²) in [5, 5.41) is 3.93. The molecular formula is C11H16ClNO. The lowest BCUT2D eigenvalue weighted by Gasteiger charge is -2.10. The van der Waals surface area contributed by atoms with Crippen molar-refractivity contribution >= 4 is 11.6 Å². The lowest BCUT2D eigenvalue weighted by molar-refractivity contribution is 0.309. The molecule has 0 aliphatic carbocycles. The molecule has 0 aliphatic rings. The van der Waals surface area contributed by atoms with Crippen LogP contribution in [0.4, 0.5) is 0 Å². The van der Waals surface area contributed by atoms with Crippen molar-refractivity contribution in [1.29, 1.82) is 0 Å². The van der Waals surface area contributed by atoms with Crippen LogP contribution >= 0.6 is 11.6 Å². The van der Waals surface area contributed by atoms with E-state index in [1.165, 1.54) is 0 Å². The highest BCUT2D eigenvalue weighted by Crippen LogP contribution is 2.22. The summed E-state index contributed by atoms with van der Waals surface area (Å²) in [7, 11) is 0. The summed E-state index contributed by atoms with van der Waals surface area (Å²) in [5.41, 5.74) is 0. The van der Waals surface area contributed by atoms with E-state index < -0.39 is 0 Å². The predicted molar refractivity (Wildman–Crippen MR) is 60.1 cm³/mol. The van der Waals surface area contributed by atoms with Crippen LogP contribution in [0.5, 0.6) is 5.75 Å². The van der Waals surface area contributed by atoms with E-state index in [0.717, 1.165) is 12.3 Å². The Morgan fingerprint density at radius 3 is 2.71 bits per heavy atom. The van der Waals surface area contributed by atoms with Gasteiger partial charge in [0.25, 0.3) is 0 Å². The Morgan fingerprint density at radius 1 is 1.36 bits per heavy atom. The van der Waals surface area contributed by atoms with Crippen molar-refractivity contribution in [2.45, 2.75) is 19.9 Å². The summed E-state index contributed by atoms with van der Waals surface area (Å²) in [6, 6.07) is 7.99. The highest BCUT2D eigenvalue weighted by Gasteiger charge is 1.98. The number of hydrogen-bond donors (Lipinski definition) is 1. The maximum absolute atomic E-state index is 5.92. The van der Waals surface area contributed by atoms with E-state index in [9.17, 15) is 0 Å². The molecule has 3 heteroatoms. The third-order valence-corrected chi connectivity index (χ3v) is 2.06. The third kappa shape index (κ3) is 3.99. The zero-order valence-electron chi connectivity index (χ0n) is 8.59. The van der Waals surface area contributed by atoms with E-state index in [1.54, 1.807) is 0 Å². The van der Waals surface area contributed by atoms with Gasteiger partial charge in [0.05, 0.1) is 5.02 Å². The molecule has 0 radical (unpaired) electrons. The molecule has 0 atom stereocenters. The standard InChI is InChI=1S/C11H16ClNO/c1-9(2)13-7-8-14-11-6-4-3-5-10(11)12/h3-6,9,13H,7-8H2,1-2H3. The van der Waals surface area contributed by atoms with Gasteiger partial charge in [-0.2, -0.15) is 0 Å². The van der Waals surface area contributed by atoms with Crippen molar-refractivity contribution in [3.63, 3.8) is 0 Å². The van der Waals surface area contributed by atoms with Gasteiger partial charge >= 0.3 is 0 Å². The summed E-state index contributed by atoms with van der Waals surface area (Å²) >= 11 is 5.92. The molecule has 1 aromatic carbocycles. The topological polar surface area (TPSA) is 21.3 Å². The Labute approximate surface area is 90.2 Å². The summed E-state index contributed by atoms with van der Waals surface area (Å²) in [4.78, 5) is 0. The second kappa shape index (κ2) is 5.89. The minimum atomic E-state index is 0.491. The van der Waals surface area contributed by atoms with Crippen molar-refractivity contribution in [2.75, 3.05) is 13.2 Å². The fourth-order valence-corrected chi connectivity index (χ4v) is 1.26. The SMILES string of the molecule is CC(C)NCCOc1ccccc1Cl. The number of benzene rings is 1. The van der Waals surface area contributed by atoms with Gasteiger partial charge in [-0.3, -0.25) is 0 Å². The fraction of sp³-hybridized carbons (Fsp3) is 0.455. The van der Waals surface area contributed by atoms with Crippen LogP contribution in [0.15, 0.2) is 24.3 Å². The minimum absolute atomic E-state index is 0.491. The fourth-order valence-electron chi connectivity index (χ4n) is 1.07. The lowest BCUT2D eigenvalue weighted by atomic mass is 10.3. The first kappa shape index (κ1) is 11.3. The van der Waals surface area contributed by atoms with Crippen LogP contribution in [0.3, 0.4) is 0 Å². The van der Waals surface area contributed by atoms with E-state index in [4.69, 9.17) is 16.3 Å². The molecule has 0 aliphatic heterocycles. The van der Waals surface area contributed by atoms with Crippen LogP contribution in [0, 0.1) is 0 Å². The van der Waals surface area contributed by atoms with Crippen LogP contribution < -0.4 is 10.1 Å². The normalized spacial score (nSPS) is 10.6. The Kier molecular flexibility index (Phi) is 4.77. The van der Waals surface area contributed by atoms with Gasteiger partial charge in [-0.1, -0.05) is 37.6 Å². The molecule has 0 heterocycles. The van der Waals surface area contributed by atoms with E-state index in [2.05, 4.69) is 19.2 Å². The highest BCUT2D eigenvalue weighted by atomic mass is 35.5. The maximum atomic E-state index is 5.92. The van der Waals surface area contributed by atoms with E-state index in [-0.39, 0.29) is 0 Å². The van der Waals surface area contributed by atoms with Gasteiger partial charge in [0, 0.05) is 12.6 Å². The quantitative estimate of drug-likeness (QED) is 0.760. The average molecular weight is 214 g/mol. The largest absolute Gasteiger partial charge is 0.491 e. The van der Waals surface area contributed by atoms with Gasteiger partial charge in [0.1, 0.15) is 12.4 Å². The van der Waals surface area contributed by atoms with Crippen molar-refractivity contribution in [1.82, 2.24) is 5.32 Å². The van der Waals surface area contributed by atoms with Gasteiger partial charge in [-0.15, -0.1) is 0 Å². The first-order chi connectivity index (χ1) is 6.70. The van der Waals surface area contributed by atoms with Crippen LogP contribution in [-0.2, 0) is 0 Å². The van der Waals surface area contributed by atoms with Gasteiger partial charge in [0.2, 0.25) is 0 Å². The highest BCUT2D eigenvalue weighted by molar-refractivity contribution is 6.32. The first-order valence-electron chi connectivity index (χ1n) is 4.81. The number of hydrogen-bond acceptors (Lipinski definition) is 2. The maximum Gasteiger partial charge on any atom is 0.137 e. The number of para-hydroxylation sites is 1. The Hall–Kier alpha value is -0.730. The monoisotopic (exact) mass is 213 g/mol. The second-order valence-electron chi connectivity index (χ2n) is 3.39. The summed E-state index contributed by atoms with van der Waals surface area (Å²) in [6.45, 7) is 5.69. The number of ether oxygens (including phenoxy) is 1. The van der Waals surface area contributed by atoms with Crippen LogP contribution in [0.25, 0.3) is 0 Å². The minimum Gasteiger partial charge on any atom is -0.491 e. The summed E-state index contributed by atoms with van der Waals surface area (Å²) < 4.78 is 5.49. The molecule has 0 saturated carbocycles. The van der Waals surface area contributed by atoms with Gasteiger partial charge in [0.15, 0.2) is 0 Å². The molecule has 0 unspecified atom stereocenters. The molecule has 0 spiro atoms. The molecule has 1 rings (SSSR count). The van der Waals surface area contributed by atoms with Crippen LogP contribution in [-0.4, -0.2) is 19.2 Å². The van der Waals surface area contributed by atoms with Gasteiger partial charge in [-0.05, 0) is 12.1 Å². The molecule has 1 aromatic rings. The number of nitrogens with one attached hydrogen (secondary N) is 1. The molecule has 2 nitrogen and oxygen atoms in total. The van der Waals surface area contributed by atoms with Gasteiger partial charge < -0.3 is 10.1 Å². The molecule has 0 saturated heterocycles. The zero-order valence-corrected chi connectivity index (χ0v) is 9.34. The molecule has 0 bridgehead atoms. The number of halogens is 1. The Balaban J connectivity index is 2.28. The van der Waals surface area contributed by atoms with E-state index in [0.29, 0.717) is 17.7 Å². The van der Waals surface area contributed by atoms with E-state index >= 15 is 0 Å². The Bertz CT molecular complexity index is 276. The third-order valence-electron chi connectivity index (χ3n) is 1.75. The summed E-state index contributed by atoms with van der Waals surface area (Å²) in [5.74, 6) is 0.750. The summed E-state index contributed by atoms with van der Waals surface area (Å²) in [6.07, 6.45) is 0. The van der Waals surface area contributed by atoms with Gasteiger partial charge in [-0.25, -0.2) is 0 Å². The smallest absolute Gasteiger partial charge is 0.137 e. The molecule has 0 aromatic heterocycles. The van der Waals surface area contributed by atoms with E-state index in [1.807, 2.05) is 24.3 Å². The van der Waals surface area contributed by atoms with Crippen molar-refractivity contribution in [2.24, 2.45) is 0 Å². The Morgan fingerprint density at radius 2 is 2.07 bits per heavy atom. The number of rotatable bonds is 5. The van der Waals surface area contributed by atoms with Crippen LogP contribution in [0.1, 0.15) is 13.8 Å². The molecule has 0 amide bonds. The molecule has 78 valence electrons. The molecular weight excluding hydrogens is 198 g/mol. The predicted octanol–water partition coefficient (Wildman–Crippen LogP) is 2.72. The van der Waals surface area contributed by atoms with Crippen molar-refractivity contribution in [3.8, 4) is 5.75 Å². The average Bonchev–Trinajstić information content (AvgIpc) is 2.15. The molecule has 14 heavy (non-hydrogen) atoms. The second-order valence-corrected chi connectivity index (χ2v) is 3.79. The van der Waals surface area contributed by atoms with Crippen molar-refractivity contribution in [3.05, 3.63) is 29.3 Å².